The van der Waals surface area contributed by atoms with Gasteiger partial charge in [-0.25, -0.2) is 15.0 Å². The molecule has 1 fully saturated rings. The number of nitrogen functional groups attached to an aromatic ring is 1. The van der Waals surface area contributed by atoms with Gasteiger partial charge in [0, 0.05) is 36.1 Å². The summed E-state index contributed by atoms with van der Waals surface area (Å²) in [5, 5.41) is 0.473. The number of anilines is 3. The van der Waals surface area contributed by atoms with Crippen molar-refractivity contribution in [3.63, 3.8) is 0 Å². The zero-order valence-electron chi connectivity index (χ0n) is 20.4. The number of rotatable bonds is 5. The molecule has 0 saturated carbocycles. The van der Waals surface area contributed by atoms with Crippen molar-refractivity contribution < 1.29 is 0 Å². The lowest BCUT2D eigenvalue weighted by Gasteiger charge is -2.39. The van der Waals surface area contributed by atoms with Gasteiger partial charge in [0.15, 0.2) is 11.5 Å². The van der Waals surface area contributed by atoms with E-state index in [-0.39, 0.29) is 0 Å². The molecule has 4 aromatic heterocycles. The topological polar surface area (TPSA) is 84.4 Å². The number of imidazole rings is 2. The molecule has 0 bridgehead atoms. The van der Waals surface area contributed by atoms with Crippen LogP contribution >= 0.6 is 35.3 Å². The average molecular weight is 548 g/mol. The predicted molar refractivity (Wildman–Crippen MR) is 154 cm³/mol. The fraction of sp³-hybridized carbons (Fsp3) is 0.296. The Morgan fingerprint density at radius 3 is 2.70 bits per heavy atom. The van der Waals surface area contributed by atoms with Gasteiger partial charge in [-0.3, -0.25) is 4.40 Å². The maximum atomic E-state index is 6.40. The molecule has 7 rings (SSSR count). The Bertz CT molecular complexity index is 1630. The number of nitrogens with two attached hydrogens (primary N) is 1. The molecule has 5 heterocycles. The van der Waals surface area contributed by atoms with E-state index in [4.69, 9.17) is 27.3 Å². The van der Waals surface area contributed by atoms with Crippen LogP contribution in [-0.4, -0.2) is 38.7 Å². The van der Waals surface area contributed by atoms with E-state index in [1.165, 1.54) is 42.5 Å². The van der Waals surface area contributed by atoms with Gasteiger partial charge in [-0.1, -0.05) is 41.4 Å². The van der Waals surface area contributed by atoms with Gasteiger partial charge in [-0.05, 0) is 72.6 Å². The number of benzene rings is 1. The van der Waals surface area contributed by atoms with Gasteiger partial charge < -0.3 is 15.4 Å². The van der Waals surface area contributed by atoms with Gasteiger partial charge in [0.2, 0.25) is 0 Å². The second-order valence-corrected chi connectivity index (χ2v) is 12.1. The molecular weight excluding hydrogens is 522 g/mol. The lowest BCUT2D eigenvalue weighted by atomic mass is 9.76. The van der Waals surface area contributed by atoms with Crippen LogP contribution in [0.5, 0.6) is 0 Å². The predicted octanol–water partition coefficient (Wildman–Crippen LogP) is 6.18. The number of fused-ring (bicyclic) bond motifs is 1. The maximum absolute atomic E-state index is 6.40. The molecule has 1 aromatic carbocycles. The van der Waals surface area contributed by atoms with Gasteiger partial charge in [0.05, 0.1) is 16.1 Å². The Hall–Kier alpha value is -2.88. The van der Waals surface area contributed by atoms with Gasteiger partial charge in [-0.15, -0.1) is 0 Å². The smallest absolute Gasteiger partial charge is 0.157 e. The quantitative estimate of drug-likeness (QED) is 0.252. The van der Waals surface area contributed by atoms with E-state index in [2.05, 4.69) is 55.6 Å². The first-order valence-electron chi connectivity index (χ1n) is 12.4. The third kappa shape index (κ3) is 3.86. The summed E-state index contributed by atoms with van der Waals surface area (Å²) in [5.74, 6) is 1.37. The molecule has 1 aliphatic heterocycles. The number of nitrogens with zero attached hydrogens (tertiary/aromatic N) is 5. The number of hydrogen-bond acceptors (Lipinski definition) is 8. The normalized spacial score (nSPS) is 16.8. The highest BCUT2D eigenvalue weighted by Gasteiger charge is 2.40. The van der Waals surface area contributed by atoms with Crippen LogP contribution in [0.4, 0.5) is 17.3 Å². The summed E-state index contributed by atoms with van der Waals surface area (Å²) in [5.41, 5.74) is 13.4. The van der Waals surface area contributed by atoms with Crippen LogP contribution in [0.2, 0.25) is 5.02 Å². The summed E-state index contributed by atoms with van der Waals surface area (Å²) >= 11 is 9.60. The number of halogens is 1. The van der Waals surface area contributed by atoms with Gasteiger partial charge in [-0.2, -0.15) is 0 Å². The highest BCUT2D eigenvalue weighted by molar-refractivity contribution is 8.00. The Kier molecular flexibility index (Phi) is 5.56. The molecule has 1 saturated heterocycles. The Balaban J connectivity index is 1.13. The molecule has 10 heteroatoms. The zero-order chi connectivity index (χ0) is 25.1. The van der Waals surface area contributed by atoms with Crippen molar-refractivity contribution in [1.82, 2.24) is 19.4 Å². The Morgan fingerprint density at radius 1 is 1.03 bits per heavy atom. The van der Waals surface area contributed by atoms with Crippen molar-refractivity contribution in [1.29, 1.82) is 0 Å². The van der Waals surface area contributed by atoms with Crippen molar-refractivity contribution >= 4 is 69.4 Å². The SMILES string of the molecule is CSNc1ccc2c(c1)CC1(CCN(c3nc4ccc(Sc5ccnc(N)c5Cl)c5ncc3n45)CC1)C2. The number of aromatic nitrogens is 4. The molecular formula is C27H26ClN7S2. The first-order chi connectivity index (χ1) is 18.0. The molecule has 0 amide bonds. The Morgan fingerprint density at radius 2 is 1.86 bits per heavy atom. The molecule has 1 spiro atoms. The number of hydrogen-bond donors (Lipinski definition) is 2. The highest BCUT2D eigenvalue weighted by atomic mass is 35.5. The molecule has 0 radical (unpaired) electrons. The van der Waals surface area contributed by atoms with Crippen LogP contribution < -0.4 is 15.4 Å². The van der Waals surface area contributed by atoms with E-state index in [1.54, 1.807) is 29.9 Å². The minimum atomic E-state index is 0.337. The summed E-state index contributed by atoms with van der Waals surface area (Å²) in [6, 6.07) is 12.9. The van der Waals surface area contributed by atoms with Crippen LogP contribution in [-0.2, 0) is 12.8 Å². The van der Waals surface area contributed by atoms with E-state index in [0.717, 1.165) is 45.5 Å². The summed E-state index contributed by atoms with van der Waals surface area (Å²) in [4.78, 5) is 18.2. The van der Waals surface area contributed by atoms with Crippen molar-refractivity contribution in [2.45, 2.75) is 35.5 Å². The molecule has 0 unspecified atom stereocenters. The van der Waals surface area contributed by atoms with E-state index < -0.39 is 0 Å². The van der Waals surface area contributed by atoms with Crippen LogP contribution in [0.1, 0.15) is 24.0 Å². The van der Waals surface area contributed by atoms with Gasteiger partial charge in [0.25, 0.3) is 0 Å². The third-order valence-corrected chi connectivity index (χ3v) is 9.87. The van der Waals surface area contributed by atoms with Crippen LogP contribution in [0.15, 0.2) is 58.6 Å². The lowest BCUT2D eigenvalue weighted by molar-refractivity contribution is 0.232. The fourth-order valence-electron chi connectivity index (χ4n) is 5.98. The third-order valence-electron chi connectivity index (χ3n) is 7.83. The minimum Gasteiger partial charge on any atom is -0.382 e. The standard InChI is InChI=1S/C27H26ClN7S2/c1-36-33-18-3-2-16-13-27(14-17(16)12-18)7-10-34(11-8-27)25-19-15-31-26-21(4-5-22(32-25)35(19)26)37-20-6-9-30-24(29)23(20)28/h2-6,9,12,15,33H,7-8,10-11,13-14H2,1H3,(H2,29,30). The summed E-state index contributed by atoms with van der Waals surface area (Å²) < 4.78 is 5.54. The Labute approximate surface area is 228 Å². The van der Waals surface area contributed by atoms with Crippen molar-refractivity contribution in [3.05, 3.63) is 64.9 Å². The van der Waals surface area contributed by atoms with Gasteiger partial charge >= 0.3 is 0 Å². The second-order valence-electron chi connectivity index (χ2n) is 10.0. The minimum absolute atomic E-state index is 0.337. The largest absolute Gasteiger partial charge is 0.382 e. The van der Waals surface area contributed by atoms with Crippen LogP contribution in [0, 0.1) is 5.41 Å². The molecule has 0 atom stereocenters. The molecule has 3 N–H and O–H groups in total. The van der Waals surface area contributed by atoms with Gasteiger partial charge in [0.1, 0.15) is 17.0 Å². The average Bonchev–Trinajstić information content (AvgIpc) is 3.59. The van der Waals surface area contributed by atoms with Crippen molar-refractivity contribution in [2.24, 2.45) is 5.41 Å². The molecule has 37 heavy (non-hydrogen) atoms. The number of pyridine rings is 2. The molecule has 1 aliphatic carbocycles. The first kappa shape index (κ1) is 23.3. The van der Waals surface area contributed by atoms with Crippen molar-refractivity contribution in [3.8, 4) is 0 Å². The van der Waals surface area contributed by atoms with Crippen molar-refractivity contribution in [2.75, 3.05) is 34.7 Å². The summed E-state index contributed by atoms with van der Waals surface area (Å²) in [6.45, 7) is 2.02. The van der Waals surface area contributed by atoms with Crippen LogP contribution in [0.25, 0.3) is 16.8 Å². The highest BCUT2D eigenvalue weighted by Crippen LogP contribution is 2.46. The summed E-state index contributed by atoms with van der Waals surface area (Å²) in [7, 11) is 0. The molecule has 2 aliphatic rings. The molecule has 7 nitrogen and oxygen atoms in total. The van der Waals surface area contributed by atoms with E-state index >= 15 is 0 Å². The number of piperidine rings is 1. The second kappa shape index (κ2) is 8.85. The maximum Gasteiger partial charge on any atom is 0.157 e. The van der Waals surface area contributed by atoms with E-state index in [9.17, 15) is 0 Å². The lowest BCUT2D eigenvalue weighted by Crippen LogP contribution is -2.40. The van der Waals surface area contributed by atoms with E-state index in [0.29, 0.717) is 16.3 Å². The molecule has 188 valence electrons. The first-order valence-corrected chi connectivity index (χ1v) is 14.8. The van der Waals surface area contributed by atoms with E-state index in [1.807, 2.05) is 12.3 Å². The number of nitrogens with one attached hydrogen (secondary N) is 1. The molecule has 5 aromatic rings. The fourth-order valence-corrected chi connectivity index (χ4v) is 7.50. The van der Waals surface area contributed by atoms with Crippen LogP contribution in [0.3, 0.4) is 0 Å². The zero-order valence-corrected chi connectivity index (χ0v) is 22.8. The summed E-state index contributed by atoms with van der Waals surface area (Å²) in [6.07, 6.45) is 10.4. The monoisotopic (exact) mass is 547 g/mol.